The molecule has 0 aliphatic heterocycles. The van der Waals surface area contributed by atoms with Crippen molar-refractivity contribution in [1.82, 2.24) is 0 Å². The van der Waals surface area contributed by atoms with Gasteiger partial charge in [-0.25, -0.2) is 0 Å². The summed E-state index contributed by atoms with van der Waals surface area (Å²) in [6.45, 7) is 10.8. The van der Waals surface area contributed by atoms with Gasteiger partial charge in [-0.2, -0.15) is 0 Å². The molecule has 21 heavy (non-hydrogen) atoms. The first-order chi connectivity index (χ1) is 9.80. The van der Waals surface area contributed by atoms with E-state index >= 15 is 0 Å². The number of nitrogens with zero attached hydrogens (tertiary/aromatic N) is 1. The molecule has 1 unspecified atom stereocenters. The SMILES string of the molecule is CC(C)(C)[N+](C)(CCO)Cc1ccccc1.CCCC[O-]. The second-order valence-corrected chi connectivity index (χ2v) is 6.72. The van der Waals surface area contributed by atoms with Gasteiger partial charge in [-0.05, 0) is 20.8 Å². The van der Waals surface area contributed by atoms with Gasteiger partial charge in [0.25, 0.3) is 0 Å². The van der Waals surface area contributed by atoms with E-state index in [2.05, 4.69) is 52.1 Å². The second kappa shape index (κ2) is 9.93. The average Bonchev–Trinajstić information content (AvgIpc) is 2.40. The summed E-state index contributed by atoms with van der Waals surface area (Å²) < 4.78 is 0.855. The molecule has 1 rings (SSSR count). The molecule has 1 aromatic rings. The molecule has 0 bridgehead atoms. The number of unbranched alkanes of at least 4 members (excludes halogenated alkanes) is 1. The zero-order valence-electron chi connectivity index (χ0n) is 14.4. The zero-order chi connectivity index (χ0) is 16.4. The normalized spacial score (nSPS) is 14.0. The third-order valence-electron chi connectivity index (χ3n) is 4.09. The van der Waals surface area contributed by atoms with E-state index in [0.29, 0.717) is 0 Å². The first-order valence-corrected chi connectivity index (χ1v) is 7.88. The van der Waals surface area contributed by atoms with Crippen LogP contribution in [0.5, 0.6) is 0 Å². The Labute approximate surface area is 130 Å². The Hall–Kier alpha value is -0.900. The molecular weight excluding hydrogens is 262 g/mol. The lowest BCUT2D eigenvalue weighted by Crippen LogP contribution is -2.57. The van der Waals surface area contributed by atoms with Gasteiger partial charge in [-0.15, -0.1) is 6.61 Å². The summed E-state index contributed by atoms with van der Waals surface area (Å²) in [5.41, 5.74) is 1.46. The molecule has 0 aliphatic rings. The van der Waals surface area contributed by atoms with Crippen molar-refractivity contribution in [2.45, 2.75) is 52.6 Å². The Bertz CT molecular complexity index is 357. The third-order valence-corrected chi connectivity index (χ3v) is 4.09. The van der Waals surface area contributed by atoms with Crippen molar-refractivity contribution in [3.05, 3.63) is 35.9 Å². The van der Waals surface area contributed by atoms with Crippen molar-refractivity contribution in [3.8, 4) is 0 Å². The Balaban J connectivity index is 0.000000690. The van der Waals surface area contributed by atoms with Crippen molar-refractivity contribution >= 4 is 0 Å². The third kappa shape index (κ3) is 7.60. The number of benzene rings is 1. The first-order valence-electron chi connectivity index (χ1n) is 7.88. The Morgan fingerprint density at radius 2 is 1.71 bits per heavy atom. The fourth-order valence-corrected chi connectivity index (χ4v) is 2.00. The summed E-state index contributed by atoms with van der Waals surface area (Å²) in [6, 6.07) is 10.5. The minimum absolute atomic E-state index is 0.0938. The summed E-state index contributed by atoms with van der Waals surface area (Å²) in [6.07, 6.45) is 1.86. The molecule has 0 radical (unpaired) electrons. The van der Waals surface area contributed by atoms with E-state index in [1.807, 2.05) is 13.0 Å². The fourth-order valence-electron chi connectivity index (χ4n) is 2.00. The zero-order valence-corrected chi connectivity index (χ0v) is 14.4. The van der Waals surface area contributed by atoms with E-state index in [4.69, 9.17) is 0 Å². The molecule has 0 amide bonds. The van der Waals surface area contributed by atoms with Crippen LogP contribution < -0.4 is 5.11 Å². The predicted molar refractivity (Wildman–Crippen MR) is 87.8 cm³/mol. The molecule has 122 valence electrons. The second-order valence-electron chi connectivity index (χ2n) is 6.72. The van der Waals surface area contributed by atoms with Crippen molar-refractivity contribution in [2.75, 3.05) is 26.8 Å². The number of aliphatic hydroxyl groups excluding tert-OH is 1. The van der Waals surface area contributed by atoms with Crippen LogP contribution in [0.25, 0.3) is 0 Å². The number of likely N-dealkylation sites (N-methyl/N-ethyl adjacent to an activating group) is 1. The highest BCUT2D eigenvalue weighted by Gasteiger charge is 2.35. The lowest BCUT2D eigenvalue weighted by Gasteiger charge is -2.45. The molecule has 0 fully saturated rings. The average molecular weight is 295 g/mol. The highest BCUT2D eigenvalue weighted by molar-refractivity contribution is 5.13. The molecule has 1 aromatic carbocycles. The van der Waals surface area contributed by atoms with Crippen LogP contribution in [-0.4, -0.2) is 41.9 Å². The monoisotopic (exact) mass is 295 g/mol. The molecule has 0 heterocycles. The molecule has 0 saturated carbocycles. The molecule has 1 N–H and O–H groups in total. The number of aliphatic hydroxyl groups is 1. The molecule has 0 aromatic heterocycles. The smallest absolute Gasteiger partial charge is 0.105 e. The highest BCUT2D eigenvalue weighted by atomic mass is 16.3. The van der Waals surface area contributed by atoms with Gasteiger partial charge in [0, 0.05) is 5.56 Å². The van der Waals surface area contributed by atoms with E-state index in [0.717, 1.165) is 30.4 Å². The van der Waals surface area contributed by atoms with E-state index in [1.165, 1.54) is 5.56 Å². The van der Waals surface area contributed by atoms with Crippen molar-refractivity contribution in [1.29, 1.82) is 0 Å². The van der Waals surface area contributed by atoms with Crippen LogP contribution in [-0.2, 0) is 6.54 Å². The van der Waals surface area contributed by atoms with Crippen molar-refractivity contribution in [3.63, 3.8) is 0 Å². The lowest BCUT2D eigenvalue weighted by molar-refractivity contribution is -0.966. The van der Waals surface area contributed by atoms with Crippen LogP contribution in [0.4, 0.5) is 0 Å². The molecule has 0 aliphatic carbocycles. The molecular formula is C18H33NO2. The molecule has 3 nitrogen and oxygen atoms in total. The van der Waals surface area contributed by atoms with Gasteiger partial charge < -0.3 is 14.7 Å². The quantitative estimate of drug-likeness (QED) is 0.820. The topological polar surface area (TPSA) is 43.3 Å². The molecule has 1 atom stereocenters. The van der Waals surface area contributed by atoms with Gasteiger partial charge in [-0.3, -0.25) is 0 Å². The van der Waals surface area contributed by atoms with E-state index < -0.39 is 0 Å². The summed E-state index contributed by atoms with van der Waals surface area (Å²) in [7, 11) is 2.21. The van der Waals surface area contributed by atoms with Crippen LogP contribution in [0.1, 0.15) is 46.1 Å². The fraction of sp³-hybridized carbons (Fsp3) is 0.667. The van der Waals surface area contributed by atoms with Gasteiger partial charge in [0.15, 0.2) is 0 Å². The van der Waals surface area contributed by atoms with E-state index in [9.17, 15) is 10.2 Å². The lowest BCUT2D eigenvalue weighted by atomic mass is 10.0. The van der Waals surface area contributed by atoms with E-state index in [-0.39, 0.29) is 18.8 Å². The van der Waals surface area contributed by atoms with Gasteiger partial charge in [-0.1, -0.05) is 50.1 Å². The predicted octanol–water partition coefficient (Wildman–Crippen LogP) is 2.57. The van der Waals surface area contributed by atoms with Gasteiger partial charge in [0.2, 0.25) is 0 Å². The maximum absolute atomic E-state index is 9.53. The summed E-state index contributed by atoms with van der Waals surface area (Å²) in [5, 5.41) is 18.8. The summed E-state index contributed by atoms with van der Waals surface area (Å²) >= 11 is 0. The van der Waals surface area contributed by atoms with Crippen LogP contribution in [0.3, 0.4) is 0 Å². The maximum Gasteiger partial charge on any atom is 0.105 e. The minimum Gasteiger partial charge on any atom is -0.854 e. The molecule has 3 heteroatoms. The Morgan fingerprint density at radius 1 is 1.14 bits per heavy atom. The van der Waals surface area contributed by atoms with Crippen LogP contribution in [0.2, 0.25) is 0 Å². The number of quaternary nitrogens is 1. The highest BCUT2D eigenvalue weighted by Crippen LogP contribution is 2.25. The Morgan fingerprint density at radius 3 is 2.05 bits per heavy atom. The van der Waals surface area contributed by atoms with Crippen LogP contribution >= 0.6 is 0 Å². The first kappa shape index (κ1) is 20.1. The number of hydrogen-bond acceptors (Lipinski definition) is 2. The minimum atomic E-state index is 0.0938. The Kier molecular flexibility index (Phi) is 9.51. The summed E-state index contributed by atoms with van der Waals surface area (Å²) in [4.78, 5) is 0. The van der Waals surface area contributed by atoms with Gasteiger partial charge >= 0.3 is 0 Å². The molecule has 0 saturated heterocycles. The maximum atomic E-state index is 9.53. The summed E-state index contributed by atoms with van der Waals surface area (Å²) in [5.74, 6) is 0. The standard InChI is InChI=1S/C14H24NO.C4H9O/c1-14(2,3)15(4,10-11-16)12-13-8-6-5-7-9-13;1-2-3-4-5/h5-9,16H,10-12H2,1-4H3;2-4H2,1H3/q+1;-1. The largest absolute Gasteiger partial charge is 0.854 e. The van der Waals surface area contributed by atoms with Gasteiger partial charge in [0.05, 0.1) is 19.2 Å². The molecule has 0 spiro atoms. The van der Waals surface area contributed by atoms with Crippen molar-refractivity contribution < 1.29 is 14.7 Å². The van der Waals surface area contributed by atoms with Crippen LogP contribution in [0, 0.1) is 0 Å². The van der Waals surface area contributed by atoms with E-state index in [1.54, 1.807) is 0 Å². The number of rotatable bonds is 6. The van der Waals surface area contributed by atoms with Gasteiger partial charge in [0.1, 0.15) is 13.1 Å². The van der Waals surface area contributed by atoms with Crippen LogP contribution in [0.15, 0.2) is 30.3 Å². The van der Waals surface area contributed by atoms with Crippen molar-refractivity contribution in [2.24, 2.45) is 0 Å². The number of hydrogen-bond donors (Lipinski definition) is 1.